The lowest BCUT2D eigenvalue weighted by atomic mass is 9.97. The van der Waals surface area contributed by atoms with Gasteiger partial charge in [-0.25, -0.2) is 4.98 Å². The quantitative estimate of drug-likeness (QED) is 0.667. The van der Waals surface area contributed by atoms with Gasteiger partial charge in [-0.15, -0.1) is 0 Å². The number of aromatic nitrogens is 1. The molecule has 4 rings (SSSR count). The molecule has 0 saturated carbocycles. The Morgan fingerprint density at radius 3 is 2.47 bits per heavy atom. The molecule has 1 atom stereocenters. The molecule has 3 heterocycles. The van der Waals surface area contributed by atoms with E-state index in [0.29, 0.717) is 38.3 Å². The third-order valence-corrected chi connectivity index (χ3v) is 6.02. The van der Waals surface area contributed by atoms with Gasteiger partial charge in [-0.1, -0.05) is 18.2 Å². The van der Waals surface area contributed by atoms with Crippen molar-refractivity contribution in [1.82, 2.24) is 4.98 Å². The van der Waals surface area contributed by atoms with Crippen molar-refractivity contribution in [2.75, 3.05) is 29.4 Å². The summed E-state index contributed by atoms with van der Waals surface area (Å²) in [4.78, 5) is 32.9. The fourth-order valence-corrected chi connectivity index (χ4v) is 4.19. The van der Waals surface area contributed by atoms with Gasteiger partial charge in [-0.2, -0.15) is 13.2 Å². The first-order valence-electron chi connectivity index (χ1n) is 10.6. The van der Waals surface area contributed by atoms with Gasteiger partial charge < -0.3 is 14.5 Å². The number of benzene rings is 1. The molecule has 0 bridgehead atoms. The molecule has 0 N–H and O–H groups in total. The van der Waals surface area contributed by atoms with Gasteiger partial charge in [0.2, 0.25) is 0 Å². The van der Waals surface area contributed by atoms with E-state index in [1.807, 2.05) is 29.2 Å². The predicted molar refractivity (Wildman–Crippen MR) is 112 cm³/mol. The van der Waals surface area contributed by atoms with Gasteiger partial charge in [0.05, 0.1) is 11.5 Å². The van der Waals surface area contributed by atoms with Gasteiger partial charge in [0.25, 0.3) is 5.91 Å². The molecule has 0 aliphatic carbocycles. The lowest BCUT2D eigenvalue weighted by Gasteiger charge is -2.32. The third-order valence-electron chi connectivity index (χ3n) is 6.02. The number of pyridine rings is 1. The summed E-state index contributed by atoms with van der Waals surface area (Å²) in [6.07, 6.45) is -2.75. The average molecular weight is 447 g/mol. The molecule has 0 spiro atoms. The van der Waals surface area contributed by atoms with Gasteiger partial charge in [-0.05, 0) is 49.9 Å². The van der Waals surface area contributed by atoms with E-state index in [2.05, 4.69) is 4.98 Å². The summed E-state index contributed by atoms with van der Waals surface area (Å²) in [6.45, 7) is 3.10. The highest BCUT2D eigenvalue weighted by molar-refractivity contribution is 5.99. The molecule has 0 unspecified atom stereocenters. The molecule has 2 aliphatic heterocycles. The van der Waals surface area contributed by atoms with Crippen LogP contribution in [0.1, 0.15) is 30.9 Å². The van der Waals surface area contributed by atoms with Crippen LogP contribution in [-0.2, 0) is 26.9 Å². The molecule has 1 amide bonds. The van der Waals surface area contributed by atoms with Crippen molar-refractivity contribution >= 4 is 23.4 Å². The van der Waals surface area contributed by atoms with Crippen LogP contribution in [0, 0.1) is 5.92 Å². The second-order valence-electron chi connectivity index (χ2n) is 8.11. The Morgan fingerprint density at radius 2 is 1.81 bits per heavy atom. The van der Waals surface area contributed by atoms with E-state index >= 15 is 0 Å². The van der Waals surface area contributed by atoms with Crippen LogP contribution < -0.4 is 9.80 Å². The minimum absolute atomic E-state index is 0.241. The molecule has 2 aliphatic rings. The van der Waals surface area contributed by atoms with E-state index in [9.17, 15) is 22.8 Å². The van der Waals surface area contributed by atoms with Crippen LogP contribution in [0.3, 0.4) is 0 Å². The van der Waals surface area contributed by atoms with Crippen molar-refractivity contribution in [2.24, 2.45) is 5.92 Å². The van der Waals surface area contributed by atoms with Crippen LogP contribution in [-0.4, -0.2) is 42.6 Å². The number of alkyl halides is 3. The fraction of sp³-hybridized carbons (Fsp3) is 0.435. The minimum Gasteiger partial charge on any atom is -0.452 e. The minimum atomic E-state index is -4.42. The number of hydrogen-bond donors (Lipinski definition) is 0. The Kier molecular flexibility index (Phi) is 6.08. The number of para-hydroxylation sites is 1. The van der Waals surface area contributed by atoms with Crippen LogP contribution in [0.25, 0.3) is 0 Å². The molecule has 2 aromatic rings. The van der Waals surface area contributed by atoms with E-state index in [-0.39, 0.29) is 11.8 Å². The lowest BCUT2D eigenvalue weighted by Crippen LogP contribution is -2.42. The maximum absolute atomic E-state index is 12.8. The van der Waals surface area contributed by atoms with Gasteiger partial charge in [0.15, 0.2) is 6.10 Å². The zero-order valence-corrected chi connectivity index (χ0v) is 17.6. The average Bonchev–Trinajstić information content (AvgIpc) is 3.22. The summed E-state index contributed by atoms with van der Waals surface area (Å²) in [7, 11) is 0. The molecule has 32 heavy (non-hydrogen) atoms. The van der Waals surface area contributed by atoms with Gasteiger partial charge in [0, 0.05) is 31.5 Å². The summed E-state index contributed by atoms with van der Waals surface area (Å²) in [5.41, 5.74) is 1.17. The predicted octanol–water partition coefficient (Wildman–Crippen LogP) is 3.84. The molecular weight excluding hydrogens is 423 g/mol. The first-order chi connectivity index (χ1) is 15.2. The summed E-state index contributed by atoms with van der Waals surface area (Å²) < 4.78 is 43.6. The summed E-state index contributed by atoms with van der Waals surface area (Å²) in [5, 5.41) is 0. The van der Waals surface area contributed by atoms with Crippen molar-refractivity contribution in [3.63, 3.8) is 0 Å². The van der Waals surface area contributed by atoms with Crippen LogP contribution >= 0.6 is 0 Å². The number of esters is 1. The Balaban J connectivity index is 1.29. The number of halogens is 3. The second kappa shape index (κ2) is 8.80. The summed E-state index contributed by atoms with van der Waals surface area (Å²) in [5.74, 6) is -0.573. The van der Waals surface area contributed by atoms with Gasteiger partial charge in [0.1, 0.15) is 5.82 Å². The number of carbonyl (C=O) groups excluding carboxylic acids is 2. The van der Waals surface area contributed by atoms with Crippen LogP contribution in [0.2, 0.25) is 0 Å². The largest absolute Gasteiger partial charge is 0.452 e. The molecule has 0 radical (unpaired) electrons. The van der Waals surface area contributed by atoms with E-state index in [1.54, 1.807) is 11.8 Å². The first-order valence-corrected chi connectivity index (χ1v) is 10.6. The monoisotopic (exact) mass is 447 g/mol. The normalized spacial score (nSPS) is 17.8. The zero-order valence-electron chi connectivity index (χ0n) is 17.6. The molecule has 170 valence electrons. The molecule has 9 heteroatoms. The van der Waals surface area contributed by atoms with Gasteiger partial charge >= 0.3 is 12.1 Å². The Bertz CT molecular complexity index is 986. The number of carbonyl (C=O) groups is 2. The molecule has 1 saturated heterocycles. The van der Waals surface area contributed by atoms with Gasteiger partial charge in [-0.3, -0.25) is 9.59 Å². The Morgan fingerprint density at radius 1 is 1.09 bits per heavy atom. The highest BCUT2D eigenvalue weighted by Crippen LogP contribution is 2.31. The number of nitrogens with zero attached hydrogens (tertiary/aromatic N) is 3. The number of ether oxygens (including phenoxy) is 1. The number of hydrogen-bond acceptors (Lipinski definition) is 5. The maximum Gasteiger partial charge on any atom is 0.417 e. The van der Waals surface area contributed by atoms with E-state index < -0.39 is 23.8 Å². The van der Waals surface area contributed by atoms with E-state index in [4.69, 9.17) is 4.74 Å². The van der Waals surface area contributed by atoms with Crippen molar-refractivity contribution in [1.29, 1.82) is 0 Å². The van der Waals surface area contributed by atoms with Crippen LogP contribution in [0.4, 0.5) is 24.7 Å². The number of rotatable bonds is 4. The van der Waals surface area contributed by atoms with Crippen molar-refractivity contribution in [3.05, 3.63) is 53.7 Å². The lowest BCUT2D eigenvalue weighted by molar-refractivity contribution is -0.158. The Hall–Kier alpha value is -3.10. The fourth-order valence-electron chi connectivity index (χ4n) is 4.19. The smallest absolute Gasteiger partial charge is 0.417 e. The van der Waals surface area contributed by atoms with Crippen LogP contribution in [0.15, 0.2) is 42.6 Å². The number of anilines is 2. The SMILES string of the molecule is C[C@H](OC(=O)C1CCN(c2ccc(C(F)(F)F)cn2)CC1)C(=O)N1CCc2ccccc21. The van der Waals surface area contributed by atoms with Crippen LogP contribution in [0.5, 0.6) is 0 Å². The Labute approximate surface area is 184 Å². The highest BCUT2D eigenvalue weighted by atomic mass is 19.4. The zero-order chi connectivity index (χ0) is 22.9. The molecule has 1 aromatic carbocycles. The van der Waals surface area contributed by atoms with Crippen molar-refractivity contribution < 1.29 is 27.5 Å². The summed E-state index contributed by atoms with van der Waals surface area (Å²) in [6, 6.07) is 10.0. The molecular formula is C23H24F3N3O3. The number of piperidine rings is 1. The topological polar surface area (TPSA) is 62.7 Å². The highest BCUT2D eigenvalue weighted by Gasteiger charge is 2.34. The third kappa shape index (κ3) is 4.56. The second-order valence-corrected chi connectivity index (χ2v) is 8.11. The molecule has 6 nitrogen and oxygen atoms in total. The molecule has 1 aromatic heterocycles. The number of fused-ring (bicyclic) bond motifs is 1. The van der Waals surface area contributed by atoms with Crippen molar-refractivity contribution in [3.8, 4) is 0 Å². The maximum atomic E-state index is 12.8. The van der Waals surface area contributed by atoms with Crippen molar-refractivity contribution in [2.45, 2.75) is 38.5 Å². The molecule has 1 fully saturated rings. The standard InChI is InChI=1S/C23H24F3N3O3/c1-15(21(30)29-13-10-16-4-2-3-5-19(16)29)32-22(31)17-8-11-28(12-9-17)20-7-6-18(14-27-20)23(24,25)26/h2-7,14-15,17H,8-13H2,1H3/t15-/m0/s1. The van der Waals surface area contributed by atoms with E-state index in [0.717, 1.165) is 29.9 Å². The first kappa shape index (κ1) is 22.1. The van der Waals surface area contributed by atoms with E-state index in [1.165, 1.54) is 6.07 Å². The number of amides is 1. The summed E-state index contributed by atoms with van der Waals surface area (Å²) >= 11 is 0.